The Morgan fingerprint density at radius 3 is 2.87 bits per heavy atom. The lowest BCUT2D eigenvalue weighted by Gasteiger charge is -2.16. The molecular weight excluding hydrogens is 394 g/mol. The summed E-state index contributed by atoms with van der Waals surface area (Å²) in [6, 6.07) is 3.65. The van der Waals surface area contributed by atoms with Crippen LogP contribution >= 0.6 is 0 Å². The van der Waals surface area contributed by atoms with E-state index in [1.165, 1.54) is 17.5 Å². The fraction of sp³-hybridized carbons (Fsp3) is 0.412. The summed E-state index contributed by atoms with van der Waals surface area (Å²) in [5.74, 6) is 1.45. The number of fused-ring (bicyclic) bond motifs is 1. The van der Waals surface area contributed by atoms with Crippen molar-refractivity contribution in [2.24, 2.45) is 0 Å². The van der Waals surface area contributed by atoms with Gasteiger partial charge in [-0.2, -0.15) is 4.80 Å². The van der Waals surface area contributed by atoms with E-state index in [9.17, 15) is 10.2 Å². The van der Waals surface area contributed by atoms with Gasteiger partial charge >= 0.3 is 0 Å². The highest BCUT2D eigenvalue weighted by molar-refractivity contribution is 5.82. The number of aryl methyl sites for hydroxylation is 1. The van der Waals surface area contributed by atoms with Crippen LogP contribution in [0.3, 0.4) is 0 Å². The molecule has 13 nitrogen and oxygen atoms in total. The van der Waals surface area contributed by atoms with Crippen molar-refractivity contribution in [3.05, 3.63) is 42.6 Å². The zero-order chi connectivity index (χ0) is 20.7. The van der Waals surface area contributed by atoms with Crippen LogP contribution in [0.25, 0.3) is 11.2 Å². The van der Waals surface area contributed by atoms with Crippen molar-refractivity contribution in [1.82, 2.24) is 39.7 Å². The van der Waals surface area contributed by atoms with Crippen LogP contribution in [0.4, 0.5) is 5.82 Å². The fourth-order valence-electron chi connectivity index (χ4n) is 3.36. The third-order valence-electron chi connectivity index (χ3n) is 4.89. The third-order valence-corrected chi connectivity index (χ3v) is 4.89. The second-order valence-electron chi connectivity index (χ2n) is 6.74. The molecule has 4 aromatic heterocycles. The highest BCUT2D eigenvalue weighted by atomic mass is 16.6. The summed E-state index contributed by atoms with van der Waals surface area (Å²) in [6.45, 7) is 2.82. The summed E-state index contributed by atoms with van der Waals surface area (Å²) in [7, 11) is 0. The molecule has 0 aliphatic carbocycles. The van der Waals surface area contributed by atoms with Gasteiger partial charge in [0.05, 0.1) is 25.7 Å². The molecule has 5 heterocycles. The number of aliphatic hydroxyl groups excluding tert-OH is 2. The minimum Gasteiger partial charge on any atom is -0.467 e. The molecule has 1 fully saturated rings. The lowest BCUT2D eigenvalue weighted by Crippen LogP contribution is -2.29. The molecule has 1 aliphatic rings. The summed E-state index contributed by atoms with van der Waals surface area (Å²) < 4.78 is 12.8. The van der Waals surface area contributed by atoms with Gasteiger partial charge in [0.15, 0.2) is 29.3 Å². The molecule has 0 radical (unpaired) electrons. The van der Waals surface area contributed by atoms with Gasteiger partial charge in [-0.05, 0) is 24.3 Å². The Kier molecular flexibility index (Phi) is 4.61. The second-order valence-corrected chi connectivity index (χ2v) is 6.74. The first-order chi connectivity index (χ1) is 14.7. The standard InChI is InChI=1S/C17H19N9O4/c1-2-26-23-15(22-24-26)13-11(27)12(28)17(30-13)25-8-21-10-14(19-7-20-16(10)25)18-6-9-4-3-5-29-9/h3-5,7-8,11-13,17,27-28H,2,6H2,1H3,(H,18,19,20)/t11-,12+,13-,17+/m0/s1. The maximum absolute atomic E-state index is 10.6. The van der Waals surface area contributed by atoms with Crippen molar-refractivity contribution in [2.45, 2.75) is 44.6 Å². The van der Waals surface area contributed by atoms with E-state index >= 15 is 0 Å². The minimum atomic E-state index is -1.24. The van der Waals surface area contributed by atoms with E-state index in [0.29, 0.717) is 30.1 Å². The number of nitrogens with zero attached hydrogens (tertiary/aromatic N) is 8. The molecule has 4 atom stereocenters. The zero-order valence-corrected chi connectivity index (χ0v) is 15.9. The number of rotatable bonds is 6. The van der Waals surface area contributed by atoms with E-state index in [-0.39, 0.29) is 5.82 Å². The molecule has 30 heavy (non-hydrogen) atoms. The fourth-order valence-corrected chi connectivity index (χ4v) is 3.36. The van der Waals surface area contributed by atoms with E-state index in [4.69, 9.17) is 9.15 Å². The highest BCUT2D eigenvalue weighted by Crippen LogP contribution is 2.38. The molecule has 0 amide bonds. The summed E-state index contributed by atoms with van der Waals surface area (Å²) in [5.41, 5.74) is 0.932. The van der Waals surface area contributed by atoms with E-state index < -0.39 is 24.5 Å². The van der Waals surface area contributed by atoms with Gasteiger partial charge in [0, 0.05) is 0 Å². The lowest BCUT2D eigenvalue weighted by atomic mass is 10.1. The second kappa shape index (κ2) is 7.44. The average Bonchev–Trinajstić information content (AvgIpc) is 3.55. The Labute approximate surface area is 169 Å². The van der Waals surface area contributed by atoms with Crippen LogP contribution in [0.2, 0.25) is 0 Å². The SMILES string of the molecule is CCn1nnc([C@H]2O[C@@H](n3cnc4c(NCc5ccco5)ncnc43)[C@H](O)[C@@H]2O)n1. The topological polar surface area (TPSA) is 162 Å². The number of imidazole rings is 1. The summed E-state index contributed by atoms with van der Waals surface area (Å²) >= 11 is 0. The average molecular weight is 413 g/mol. The van der Waals surface area contributed by atoms with E-state index in [1.54, 1.807) is 16.9 Å². The third kappa shape index (κ3) is 3.08. The smallest absolute Gasteiger partial charge is 0.206 e. The van der Waals surface area contributed by atoms with Crippen molar-refractivity contribution in [2.75, 3.05) is 5.32 Å². The number of ether oxygens (including phenoxy) is 1. The van der Waals surface area contributed by atoms with Crippen molar-refractivity contribution in [3.63, 3.8) is 0 Å². The van der Waals surface area contributed by atoms with Crippen LogP contribution in [-0.2, 0) is 17.8 Å². The Morgan fingerprint density at radius 1 is 1.20 bits per heavy atom. The Balaban J connectivity index is 1.42. The first kappa shape index (κ1) is 18.6. The molecule has 3 N–H and O–H groups in total. The van der Waals surface area contributed by atoms with Gasteiger partial charge < -0.3 is 24.7 Å². The molecule has 0 saturated carbocycles. The first-order valence-corrected chi connectivity index (χ1v) is 9.38. The molecule has 0 spiro atoms. The predicted molar refractivity (Wildman–Crippen MR) is 99.7 cm³/mol. The van der Waals surface area contributed by atoms with E-state index in [2.05, 4.69) is 35.7 Å². The van der Waals surface area contributed by atoms with Gasteiger partial charge in [0.2, 0.25) is 5.82 Å². The van der Waals surface area contributed by atoms with Crippen molar-refractivity contribution < 1.29 is 19.4 Å². The van der Waals surface area contributed by atoms with E-state index in [1.807, 2.05) is 13.0 Å². The monoisotopic (exact) mass is 413 g/mol. The number of tetrazole rings is 1. The van der Waals surface area contributed by atoms with Gasteiger partial charge in [-0.1, -0.05) is 0 Å². The van der Waals surface area contributed by atoms with E-state index in [0.717, 1.165) is 5.76 Å². The van der Waals surface area contributed by atoms with Gasteiger partial charge in [0.25, 0.3) is 0 Å². The van der Waals surface area contributed by atoms with Crippen LogP contribution in [0.15, 0.2) is 35.5 Å². The number of aromatic nitrogens is 8. The van der Waals surface area contributed by atoms with Gasteiger partial charge in [-0.3, -0.25) is 4.57 Å². The number of furan rings is 1. The molecule has 13 heteroatoms. The summed E-state index contributed by atoms with van der Waals surface area (Å²) in [4.78, 5) is 14.2. The quantitative estimate of drug-likeness (QED) is 0.391. The van der Waals surface area contributed by atoms with Gasteiger partial charge in [-0.15, -0.1) is 10.2 Å². The van der Waals surface area contributed by atoms with Crippen LogP contribution in [0.1, 0.15) is 30.8 Å². The maximum Gasteiger partial charge on any atom is 0.206 e. The molecule has 156 valence electrons. The van der Waals surface area contributed by atoms with Crippen LogP contribution in [-0.4, -0.2) is 62.1 Å². The Bertz CT molecular complexity index is 1140. The van der Waals surface area contributed by atoms with Crippen molar-refractivity contribution in [1.29, 1.82) is 0 Å². The lowest BCUT2D eigenvalue weighted by molar-refractivity contribution is -0.0384. The van der Waals surface area contributed by atoms with Crippen molar-refractivity contribution in [3.8, 4) is 0 Å². The van der Waals surface area contributed by atoms with Gasteiger partial charge in [0.1, 0.15) is 24.3 Å². The Hall–Kier alpha value is -3.42. The van der Waals surface area contributed by atoms with Crippen LogP contribution < -0.4 is 5.32 Å². The molecule has 0 unspecified atom stereocenters. The first-order valence-electron chi connectivity index (χ1n) is 9.38. The summed E-state index contributed by atoms with van der Waals surface area (Å²) in [6.07, 6.45) is 0.120. The number of anilines is 1. The van der Waals surface area contributed by atoms with Crippen LogP contribution in [0.5, 0.6) is 0 Å². The molecular formula is C17H19N9O4. The molecule has 5 rings (SSSR count). The number of hydrogen-bond donors (Lipinski definition) is 3. The number of aliphatic hydroxyl groups is 2. The largest absolute Gasteiger partial charge is 0.467 e. The minimum absolute atomic E-state index is 0.200. The predicted octanol–water partition coefficient (Wildman–Crippen LogP) is 0.0297. The summed E-state index contributed by atoms with van der Waals surface area (Å²) in [5, 5.41) is 36.2. The number of nitrogens with one attached hydrogen (secondary N) is 1. The maximum atomic E-state index is 10.6. The van der Waals surface area contributed by atoms with Crippen LogP contribution in [0, 0.1) is 0 Å². The van der Waals surface area contributed by atoms with Crippen molar-refractivity contribution >= 4 is 17.0 Å². The molecule has 4 aromatic rings. The Morgan fingerprint density at radius 2 is 2.10 bits per heavy atom. The number of hydrogen-bond acceptors (Lipinski definition) is 11. The molecule has 0 bridgehead atoms. The zero-order valence-electron chi connectivity index (χ0n) is 15.9. The molecule has 1 aliphatic heterocycles. The molecule has 0 aromatic carbocycles. The van der Waals surface area contributed by atoms with Gasteiger partial charge in [-0.25, -0.2) is 15.0 Å². The normalized spacial score (nSPS) is 24.0. The molecule has 1 saturated heterocycles. The highest BCUT2D eigenvalue weighted by Gasteiger charge is 2.47.